The van der Waals surface area contributed by atoms with Crippen LogP contribution >= 0.6 is 22.9 Å². The molecule has 2 atom stereocenters. The first-order valence-corrected chi connectivity index (χ1v) is 13.7. The van der Waals surface area contributed by atoms with Crippen molar-refractivity contribution >= 4 is 56.0 Å². The van der Waals surface area contributed by atoms with Crippen LogP contribution in [-0.4, -0.2) is 62.1 Å². The zero-order chi connectivity index (χ0) is 29.3. The van der Waals surface area contributed by atoms with Crippen molar-refractivity contribution in [3.63, 3.8) is 0 Å². The maximum absolute atomic E-state index is 15.2. The molecular formula is C28H25ClFN5O5S. The monoisotopic (exact) mass is 597 g/mol. The number of amides is 1. The Morgan fingerprint density at radius 1 is 1.12 bits per heavy atom. The number of benzene rings is 2. The lowest BCUT2D eigenvalue weighted by atomic mass is 10.1. The van der Waals surface area contributed by atoms with E-state index >= 15 is 4.39 Å². The molecular weight excluding hydrogens is 573 g/mol. The molecule has 0 aliphatic heterocycles. The first-order valence-electron chi connectivity index (χ1n) is 12.5. The first kappa shape index (κ1) is 28.4. The molecule has 41 heavy (non-hydrogen) atoms. The third kappa shape index (κ3) is 5.85. The Kier molecular flexibility index (Phi) is 8.15. The predicted octanol–water partition coefficient (Wildman–Crippen LogP) is 5.98. The minimum atomic E-state index is -1.21. The molecule has 0 radical (unpaired) electrons. The molecule has 0 aliphatic carbocycles. The topological polar surface area (TPSA) is 131 Å². The van der Waals surface area contributed by atoms with E-state index in [9.17, 15) is 9.90 Å². The van der Waals surface area contributed by atoms with Gasteiger partial charge >= 0.3 is 6.09 Å². The zero-order valence-electron chi connectivity index (χ0n) is 22.2. The average molecular weight is 598 g/mol. The van der Waals surface area contributed by atoms with Crippen molar-refractivity contribution in [2.45, 2.75) is 32.4 Å². The number of aromatic nitrogens is 4. The van der Waals surface area contributed by atoms with E-state index in [1.165, 1.54) is 36.9 Å². The van der Waals surface area contributed by atoms with Crippen molar-refractivity contribution in [2.75, 3.05) is 18.6 Å². The Morgan fingerprint density at radius 3 is 2.61 bits per heavy atom. The molecule has 2 unspecified atom stereocenters. The minimum absolute atomic E-state index is 0.0331. The van der Waals surface area contributed by atoms with Gasteiger partial charge in [0.05, 0.1) is 52.5 Å². The maximum Gasteiger partial charge on any atom is 0.412 e. The van der Waals surface area contributed by atoms with Gasteiger partial charge in [-0.15, -0.1) is 11.3 Å². The summed E-state index contributed by atoms with van der Waals surface area (Å²) in [6.07, 6.45) is 1.35. The van der Waals surface area contributed by atoms with Crippen LogP contribution in [0.1, 0.15) is 19.5 Å². The number of aliphatic hydroxyl groups is 1. The van der Waals surface area contributed by atoms with Crippen LogP contribution in [0.15, 0.2) is 48.8 Å². The second-order valence-electron chi connectivity index (χ2n) is 9.20. The fourth-order valence-electron chi connectivity index (χ4n) is 4.32. The van der Waals surface area contributed by atoms with Crippen LogP contribution in [0.25, 0.3) is 31.8 Å². The van der Waals surface area contributed by atoms with Crippen molar-refractivity contribution in [3.8, 4) is 22.2 Å². The Balaban J connectivity index is 1.43. The largest absolute Gasteiger partial charge is 0.485 e. The van der Waals surface area contributed by atoms with E-state index in [-0.39, 0.29) is 12.4 Å². The number of rotatable bonds is 9. The highest BCUT2D eigenvalue weighted by Crippen LogP contribution is 2.38. The zero-order valence-corrected chi connectivity index (χ0v) is 23.8. The molecule has 13 heteroatoms. The highest BCUT2D eigenvalue weighted by atomic mass is 35.5. The molecule has 0 fully saturated rings. The number of methoxy groups -OCH3 is 1. The van der Waals surface area contributed by atoms with E-state index in [2.05, 4.69) is 19.9 Å². The van der Waals surface area contributed by atoms with Gasteiger partial charge < -0.3 is 19.7 Å². The molecule has 0 spiro atoms. The number of hydrogen-bond donors (Lipinski definition) is 2. The number of thiazole rings is 1. The summed E-state index contributed by atoms with van der Waals surface area (Å²) in [5, 5.41) is 20.0. The van der Waals surface area contributed by atoms with Crippen LogP contribution in [-0.2, 0) is 6.42 Å². The molecule has 3 heterocycles. The van der Waals surface area contributed by atoms with Gasteiger partial charge in [-0.3, -0.25) is 9.88 Å². The third-order valence-corrected chi connectivity index (χ3v) is 7.80. The van der Waals surface area contributed by atoms with Gasteiger partial charge in [0.15, 0.2) is 11.6 Å². The van der Waals surface area contributed by atoms with Gasteiger partial charge in [-0.25, -0.2) is 24.1 Å². The van der Waals surface area contributed by atoms with Gasteiger partial charge in [-0.1, -0.05) is 11.6 Å². The van der Waals surface area contributed by atoms with E-state index in [1.807, 2.05) is 0 Å². The second-order valence-corrected chi connectivity index (χ2v) is 10.7. The normalized spacial score (nSPS) is 12.8. The van der Waals surface area contributed by atoms with Crippen LogP contribution in [0.5, 0.6) is 11.6 Å². The molecule has 1 amide bonds. The van der Waals surface area contributed by atoms with Crippen LogP contribution in [0.2, 0.25) is 5.02 Å². The molecule has 2 aromatic carbocycles. The number of anilines is 1. The fourth-order valence-corrected chi connectivity index (χ4v) is 5.53. The number of halogens is 2. The number of pyridine rings is 1. The van der Waals surface area contributed by atoms with Crippen molar-refractivity contribution in [2.24, 2.45) is 0 Å². The minimum Gasteiger partial charge on any atom is -0.485 e. The quantitative estimate of drug-likeness (QED) is 0.211. The molecule has 2 N–H and O–H groups in total. The molecule has 212 valence electrons. The van der Waals surface area contributed by atoms with Gasteiger partial charge in [0.1, 0.15) is 11.1 Å². The van der Waals surface area contributed by atoms with E-state index in [0.29, 0.717) is 60.5 Å². The predicted molar refractivity (Wildman–Crippen MR) is 155 cm³/mol. The average Bonchev–Trinajstić information content (AvgIpc) is 3.35. The van der Waals surface area contributed by atoms with Crippen LogP contribution < -0.4 is 14.4 Å². The number of carbonyl (C=O) groups is 1. The molecule has 0 bridgehead atoms. The molecule has 3 aromatic heterocycles. The number of hydrogen-bond acceptors (Lipinski definition) is 9. The molecule has 5 rings (SSSR count). The Hall–Kier alpha value is -4.13. The Morgan fingerprint density at radius 2 is 1.93 bits per heavy atom. The van der Waals surface area contributed by atoms with E-state index < -0.39 is 24.1 Å². The van der Waals surface area contributed by atoms with Crippen molar-refractivity contribution in [1.29, 1.82) is 0 Å². The molecule has 10 nitrogen and oxygen atoms in total. The number of carboxylic acid groups (broad SMARTS) is 1. The van der Waals surface area contributed by atoms with Gasteiger partial charge in [-0.2, -0.15) is 0 Å². The number of fused-ring (bicyclic) bond motifs is 2. The molecule has 0 saturated carbocycles. The lowest BCUT2D eigenvalue weighted by Crippen LogP contribution is -2.46. The summed E-state index contributed by atoms with van der Waals surface area (Å²) in [5.41, 5.74) is 3.14. The SMILES string of the molecule is COc1cnc2c(-c3nc4cc(F)c(OC(C)C(C)N(C(=O)O)c5ccc(CCO)nc5)cc4s3)cc(Cl)cc2n1. The number of nitrogens with zero attached hydrogens (tertiary/aromatic N) is 5. The summed E-state index contributed by atoms with van der Waals surface area (Å²) in [6.45, 7) is 3.27. The van der Waals surface area contributed by atoms with E-state index in [1.54, 1.807) is 44.2 Å². The molecule has 5 aromatic rings. The number of aliphatic hydroxyl groups excluding tert-OH is 1. The summed E-state index contributed by atoms with van der Waals surface area (Å²) in [4.78, 5) is 30.9. The van der Waals surface area contributed by atoms with Crippen LogP contribution in [0.4, 0.5) is 14.9 Å². The van der Waals surface area contributed by atoms with E-state index in [4.69, 9.17) is 26.2 Å². The van der Waals surface area contributed by atoms with Crippen LogP contribution in [0, 0.1) is 5.82 Å². The maximum atomic E-state index is 15.2. The smallest absolute Gasteiger partial charge is 0.412 e. The highest BCUT2D eigenvalue weighted by Gasteiger charge is 2.28. The van der Waals surface area contributed by atoms with Crippen molar-refractivity contribution in [3.05, 3.63) is 65.3 Å². The fraction of sp³-hybridized carbons (Fsp3) is 0.250. The van der Waals surface area contributed by atoms with E-state index in [0.717, 1.165) is 4.90 Å². The van der Waals surface area contributed by atoms with Crippen LogP contribution in [0.3, 0.4) is 0 Å². The van der Waals surface area contributed by atoms with Gasteiger partial charge in [0, 0.05) is 41.4 Å². The summed E-state index contributed by atoms with van der Waals surface area (Å²) in [5.74, 6) is -0.321. The first-order chi connectivity index (χ1) is 19.7. The standard InChI is InChI=1S/C28H25ClFN5O5S/c1-14(35(28(37)38)18-5-4-17(6-7-36)31-12-18)15(2)40-23-11-24-21(10-20(23)30)34-27(41-24)19-8-16(29)9-22-26(19)32-13-25(33-22)39-3/h4-5,8-15,36H,6-7H2,1-3H3,(H,37,38). The lowest BCUT2D eigenvalue weighted by molar-refractivity contribution is 0.167. The lowest BCUT2D eigenvalue weighted by Gasteiger charge is -2.31. The number of ether oxygens (including phenoxy) is 2. The summed E-state index contributed by atoms with van der Waals surface area (Å²) >= 11 is 7.66. The summed E-state index contributed by atoms with van der Waals surface area (Å²) < 4.78 is 26.9. The van der Waals surface area contributed by atoms with Crippen molar-refractivity contribution < 1.29 is 28.9 Å². The van der Waals surface area contributed by atoms with Gasteiger partial charge in [0.25, 0.3) is 0 Å². The summed E-state index contributed by atoms with van der Waals surface area (Å²) in [6, 6.07) is 8.80. The highest BCUT2D eigenvalue weighted by molar-refractivity contribution is 7.21. The van der Waals surface area contributed by atoms with Crippen molar-refractivity contribution in [1.82, 2.24) is 19.9 Å². The molecule has 0 aliphatic rings. The Bertz CT molecular complexity index is 1740. The summed E-state index contributed by atoms with van der Waals surface area (Å²) in [7, 11) is 1.50. The second kappa shape index (κ2) is 11.8. The molecule has 0 saturated heterocycles. The third-order valence-electron chi connectivity index (χ3n) is 6.53. The van der Waals surface area contributed by atoms with Gasteiger partial charge in [0.2, 0.25) is 5.88 Å². The Labute approximate surface area is 243 Å². The van der Waals surface area contributed by atoms with Gasteiger partial charge in [-0.05, 0) is 38.1 Å².